The molecule has 0 saturated carbocycles. The Balaban J connectivity index is 2.59. The number of rotatable bonds is 8. The van der Waals surface area contributed by atoms with Gasteiger partial charge in [-0.25, -0.2) is 0 Å². The quantitative estimate of drug-likeness (QED) is 0.736. The van der Waals surface area contributed by atoms with Gasteiger partial charge in [0.25, 0.3) is 0 Å². The number of carbonyl (C=O) groups is 1. The molecule has 1 N–H and O–H groups in total. The first kappa shape index (κ1) is 17.6. The molecule has 21 heavy (non-hydrogen) atoms. The number of aromatic nitrogens is 1. The molecule has 1 rings (SSSR count). The van der Waals surface area contributed by atoms with Crippen molar-refractivity contribution < 1.29 is 9.53 Å². The normalized spacial score (nSPS) is 14.2. The summed E-state index contributed by atoms with van der Waals surface area (Å²) in [6.07, 6.45) is 2.66. The molecule has 5 heteroatoms. The minimum absolute atomic E-state index is 0.207. The lowest BCUT2D eigenvalue weighted by atomic mass is 10.0. The Labute approximate surface area is 127 Å². The third-order valence-corrected chi connectivity index (χ3v) is 3.31. The van der Waals surface area contributed by atoms with E-state index in [0.717, 1.165) is 18.7 Å². The van der Waals surface area contributed by atoms with Gasteiger partial charge in [-0.15, -0.1) is 0 Å². The highest BCUT2D eigenvalue weighted by molar-refractivity contribution is 5.80. The van der Waals surface area contributed by atoms with Crippen LogP contribution in [0.4, 0.5) is 0 Å². The third kappa shape index (κ3) is 5.81. The molecule has 1 atom stereocenters. The van der Waals surface area contributed by atoms with Crippen LogP contribution in [-0.4, -0.2) is 54.7 Å². The number of ether oxygens (including phenoxy) is 1. The Morgan fingerprint density at radius 1 is 1.48 bits per heavy atom. The van der Waals surface area contributed by atoms with Gasteiger partial charge in [-0.3, -0.25) is 15.1 Å². The van der Waals surface area contributed by atoms with E-state index in [9.17, 15) is 4.79 Å². The Bertz CT molecular complexity index is 436. The summed E-state index contributed by atoms with van der Waals surface area (Å²) in [5.74, 6) is -0.235. The summed E-state index contributed by atoms with van der Waals surface area (Å²) in [5, 5.41) is 3.30. The van der Waals surface area contributed by atoms with Crippen LogP contribution in [0, 0.1) is 0 Å². The number of hydrogen-bond donors (Lipinski definition) is 1. The number of carbonyl (C=O) groups excluding carboxylic acids is 1. The van der Waals surface area contributed by atoms with Crippen molar-refractivity contribution in [2.24, 2.45) is 0 Å². The molecule has 0 bridgehead atoms. The molecular formula is C16H27N3O2. The van der Waals surface area contributed by atoms with Crippen molar-refractivity contribution in [3.63, 3.8) is 0 Å². The van der Waals surface area contributed by atoms with Crippen molar-refractivity contribution in [2.45, 2.75) is 38.8 Å². The molecule has 1 aromatic heterocycles. The summed E-state index contributed by atoms with van der Waals surface area (Å²) >= 11 is 0. The smallest absolute Gasteiger partial charge is 0.327 e. The Morgan fingerprint density at radius 2 is 2.19 bits per heavy atom. The fourth-order valence-corrected chi connectivity index (χ4v) is 2.50. The summed E-state index contributed by atoms with van der Waals surface area (Å²) in [6, 6.07) is 6.12. The average Bonchev–Trinajstić information content (AvgIpc) is 2.44. The first-order valence-electron chi connectivity index (χ1n) is 7.32. The van der Waals surface area contributed by atoms with Gasteiger partial charge in [-0.05, 0) is 40.0 Å². The number of methoxy groups -OCH3 is 1. The minimum Gasteiger partial charge on any atom is -0.468 e. The zero-order chi connectivity index (χ0) is 15.9. The topological polar surface area (TPSA) is 54.5 Å². The van der Waals surface area contributed by atoms with E-state index in [1.165, 1.54) is 7.11 Å². The van der Waals surface area contributed by atoms with Crippen molar-refractivity contribution in [1.82, 2.24) is 15.2 Å². The SMILES string of the molecule is COC(=O)C(C)(CN(C)CCc1ccccn1)NC(C)C. The molecular weight excluding hydrogens is 266 g/mol. The van der Waals surface area contributed by atoms with Gasteiger partial charge in [0, 0.05) is 37.4 Å². The molecule has 1 unspecified atom stereocenters. The van der Waals surface area contributed by atoms with Crippen LogP contribution in [-0.2, 0) is 16.0 Å². The van der Waals surface area contributed by atoms with E-state index in [4.69, 9.17) is 4.74 Å². The Kier molecular flexibility index (Phi) is 6.78. The van der Waals surface area contributed by atoms with Crippen LogP contribution in [0.1, 0.15) is 26.5 Å². The number of pyridine rings is 1. The Hall–Kier alpha value is -1.46. The zero-order valence-corrected chi connectivity index (χ0v) is 13.7. The van der Waals surface area contributed by atoms with Crippen LogP contribution in [0.5, 0.6) is 0 Å². The van der Waals surface area contributed by atoms with Gasteiger partial charge in [0.05, 0.1) is 7.11 Å². The average molecular weight is 293 g/mol. The van der Waals surface area contributed by atoms with E-state index in [0.29, 0.717) is 6.54 Å². The van der Waals surface area contributed by atoms with Crippen LogP contribution >= 0.6 is 0 Å². The van der Waals surface area contributed by atoms with Crippen LogP contribution in [0.25, 0.3) is 0 Å². The maximum absolute atomic E-state index is 12.1. The van der Waals surface area contributed by atoms with Crippen molar-refractivity contribution in [3.05, 3.63) is 30.1 Å². The van der Waals surface area contributed by atoms with Gasteiger partial charge in [-0.1, -0.05) is 6.07 Å². The second kappa shape index (κ2) is 8.10. The molecule has 5 nitrogen and oxygen atoms in total. The lowest BCUT2D eigenvalue weighted by Crippen LogP contribution is -2.59. The molecule has 0 radical (unpaired) electrons. The largest absolute Gasteiger partial charge is 0.468 e. The number of nitrogens with zero attached hydrogens (tertiary/aromatic N) is 2. The highest BCUT2D eigenvalue weighted by Crippen LogP contribution is 2.10. The molecule has 0 aliphatic carbocycles. The van der Waals surface area contributed by atoms with Gasteiger partial charge >= 0.3 is 5.97 Å². The van der Waals surface area contributed by atoms with Crippen molar-refractivity contribution in [1.29, 1.82) is 0 Å². The summed E-state index contributed by atoms with van der Waals surface area (Å²) in [7, 11) is 3.43. The van der Waals surface area contributed by atoms with Crippen molar-refractivity contribution in [2.75, 3.05) is 27.2 Å². The first-order valence-corrected chi connectivity index (χ1v) is 7.32. The molecule has 1 aromatic rings. The predicted octanol–water partition coefficient (Wildman–Crippen LogP) is 1.49. The van der Waals surface area contributed by atoms with E-state index >= 15 is 0 Å². The van der Waals surface area contributed by atoms with Gasteiger partial charge < -0.3 is 9.64 Å². The molecule has 0 saturated heterocycles. The maximum atomic E-state index is 12.1. The van der Waals surface area contributed by atoms with E-state index in [2.05, 4.69) is 15.2 Å². The fourth-order valence-electron chi connectivity index (χ4n) is 2.50. The molecule has 0 aliphatic rings. The molecule has 0 fully saturated rings. The predicted molar refractivity (Wildman–Crippen MR) is 84.1 cm³/mol. The van der Waals surface area contributed by atoms with E-state index in [1.807, 2.05) is 46.0 Å². The van der Waals surface area contributed by atoms with Gasteiger partial charge in [-0.2, -0.15) is 0 Å². The minimum atomic E-state index is -0.707. The zero-order valence-electron chi connectivity index (χ0n) is 13.7. The van der Waals surface area contributed by atoms with Crippen LogP contribution < -0.4 is 5.32 Å². The number of likely N-dealkylation sites (N-methyl/N-ethyl adjacent to an activating group) is 1. The summed E-state index contributed by atoms with van der Waals surface area (Å²) < 4.78 is 4.94. The van der Waals surface area contributed by atoms with Gasteiger partial charge in [0.1, 0.15) is 5.54 Å². The highest BCUT2D eigenvalue weighted by Gasteiger charge is 2.35. The molecule has 118 valence electrons. The standard InChI is InChI=1S/C16H27N3O2/c1-13(2)18-16(3,15(20)21-5)12-19(4)11-9-14-8-6-7-10-17-14/h6-8,10,13,18H,9,11-12H2,1-5H3. The molecule has 0 aromatic carbocycles. The second-order valence-electron chi connectivity index (χ2n) is 5.93. The van der Waals surface area contributed by atoms with Gasteiger partial charge in [0.15, 0.2) is 0 Å². The second-order valence-corrected chi connectivity index (χ2v) is 5.93. The summed E-state index contributed by atoms with van der Waals surface area (Å²) in [6.45, 7) is 7.36. The highest BCUT2D eigenvalue weighted by atomic mass is 16.5. The van der Waals surface area contributed by atoms with Crippen LogP contribution in [0.15, 0.2) is 24.4 Å². The van der Waals surface area contributed by atoms with Gasteiger partial charge in [0.2, 0.25) is 0 Å². The summed E-state index contributed by atoms with van der Waals surface area (Å²) in [5.41, 5.74) is 0.350. The summed E-state index contributed by atoms with van der Waals surface area (Å²) in [4.78, 5) is 18.5. The van der Waals surface area contributed by atoms with Crippen molar-refractivity contribution in [3.8, 4) is 0 Å². The van der Waals surface area contributed by atoms with Crippen LogP contribution in [0.2, 0.25) is 0 Å². The molecule has 0 spiro atoms. The van der Waals surface area contributed by atoms with Crippen molar-refractivity contribution >= 4 is 5.97 Å². The first-order chi connectivity index (χ1) is 9.87. The number of esters is 1. The maximum Gasteiger partial charge on any atom is 0.327 e. The molecule has 0 amide bonds. The fraction of sp³-hybridized carbons (Fsp3) is 0.625. The molecule has 0 aliphatic heterocycles. The Morgan fingerprint density at radius 3 is 2.71 bits per heavy atom. The van der Waals surface area contributed by atoms with E-state index < -0.39 is 5.54 Å². The number of hydrogen-bond acceptors (Lipinski definition) is 5. The molecule has 1 heterocycles. The third-order valence-electron chi connectivity index (χ3n) is 3.31. The van der Waals surface area contributed by atoms with E-state index in [1.54, 1.807) is 6.20 Å². The lowest BCUT2D eigenvalue weighted by molar-refractivity contribution is -0.149. The van der Waals surface area contributed by atoms with E-state index in [-0.39, 0.29) is 12.0 Å². The van der Waals surface area contributed by atoms with Crippen LogP contribution in [0.3, 0.4) is 0 Å². The lowest BCUT2D eigenvalue weighted by Gasteiger charge is -2.34. The number of nitrogens with one attached hydrogen (secondary N) is 1. The monoisotopic (exact) mass is 293 g/mol.